The molecule has 0 unspecified atom stereocenters. The zero-order chi connectivity index (χ0) is 40.2. The molecule has 3 N–H and O–H groups in total. The van der Waals surface area contributed by atoms with Crippen LogP contribution in [0.4, 0.5) is 15.5 Å². The summed E-state index contributed by atoms with van der Waals surface area (Å²) in [7, 11) is -3.58. The van der Waals surface area contributed by atoms with Gasteiger partial charge in [0.2, 0.25) is 20.2 Å². The summed E-state index contributed by atoms with van der Waals surface area (Å²) in [5.41, 5.74) is 4.53. The molecule has 9 nitrogen and oxygen atoms in total. The lowest BCUT2D eigenvalue weighted by Crippen LogP contribution is -2.45. The van der Waals surface area contributed by atoms with Crippen LogP contribution in [0, 0.1) is 5.92 Å². The number of para-hydroxylation sites is 1. The second-order valence-electron chi connectivity index (χ2n) is 16.1. The number of aromatic amines is 1. The standard InChI is InChI=1S/C45H55FN4O5Si/c1-30(2)13-12-14-31(3)21-22-50-39-20-19-35(48-41(52)25-34-28-47-38-18-11-10-17-36(34)38)26-37(39)45(44(50)54)32(4)43(56(5,6)46)40(55-45)27-42(53)49(23-24-51)29-33-15-8-7-9-16-33/h7-11,13,15-21,26,28,32,40,43,47,51H,12,14,22-25,27,29H2,1-6H3,(H,48,52)/b31-21+/t32-,40+,43-,45+/m0/s1. The zero-order valence-electron chi connectivity index (χ0n) is 33.4. The Kier molecular flexibility index (Phi) is 12.5. The number of aliphatic hydroxyl groups excluding tert-OH is 1. The van der Waals surface area contributed by atoms with Crippen LogP contribution in [0.15, 0.2) is 102 Å². The number of fused-ring (bicyclic) bond motifs is 3. The van der Waals surface area contributed by atoms with Gasteiger partial charge in [-0.25, -0.2) is 0 Å². The van der Waals surface area contributed by atoms with Crippen LogP contribution < -0.4 is 10.2 Å². The number of hydrogen-bond acceptors (Lipinski definition) is 5. The van der Waals surface area contributed by atoms with Crippen LogP contribution >= 0.6 is 0 Å². The van der Waals surface area contributed by atoms with E-state index in [1.165, 1.54) is 5.57 Å². The van der Waals surface area contributed by atoms with Crippen molar-refractivity contribution in [3.05, 3.63) is 119 Å². The molecule has 11 heteroatoms. The highest BCUT2D eigenvalue weighted by molar-refractivity contribution is 6.72. The minimum atomic E-state index is -3.58. The number of aromatic nitrogens is 1. The number of aliphatic hydroxyl groups is 1. The summed E-state index contributed by atoms with van der Waals surface area (Å²) in [5.74, 6) is -1.42. The highest BCUT2D eigenvalue weighted by Crippen LogP contribution is 2.60. The molecule has 1 spiro atoms. The Bertz CT molecular complexity index is 2120. The molecule has 6 rings (SSSR count). The van der Waals surface area contributed by atoms with Crippen LogP contribution in [0.2, 0.25) is 18.6 Å². The third-order valence-electron chi connectivity index (χ3n) is 11.3. The van der Waals surface area contributed by atoms with E-state index in [0.29, 0.717) is 23.5 Å². The highest BCUT2D eigenvalue weighted by atomic mass is 28.4. The molecule has 3 heterocycles. The molecule has 0 saturated carbocycles. The Morgan fingerprint density at radius 1 is 1.05 bits per heavy atom. The van der Waals surface area contributed by atoms with Crippen molar-refractivity contribution in [3.8, 4) is 0 Å². The van der Waals surface area contributed by atoms with E-state index >= 15 is 4.11 Å². The molecule has 3 amide bonds. The van der Waals surface area contributed by atoms with E-state index in [-0.39, 0.29) is 50.3 Å². The molecule has 1 saturated heterocycles. The molecular formula is C45H55FN4O5Si. The lowest BCUT2D eigenvalue weighted by atomic mass is 9.82. The van der Waals surface area contributed by atoms with Gasteiger partial charge in [-0.3, -0.25) is 14.4 Å². The van der Waals surface area contributed by atoms with Crippen LogP contribution in [0.1, 0.15) is 63.6 Å². The van der Waals surface area contributed by atoms with Crippen molar-refractivity contribution >= 4 is 48.4 Å². The molecule has 0 aliphatic carbocycles. The Hall–Kier alpha value is -4.84. The summed E-state index contributed by atoms with van der Waals surface area (Å²) in [4.78, 5) is 49.0. The minimum Gasteiger partial charge on any atom is -0.395 e. The fourth-order valence-electron chi connectivity index (χ4n) is 8.62. The van der Waals surface area contributed by atoms with E-state index in [1.807, 2.05) is 73.8 Å². The predicted molar refractivity (Wildman–Crippen MR) is 223 cm³/mol. The fraction of sp³-hybridized carbons (Fsp3) is 0.400. The summed E-state index contributed by atoms with van der Waals surface area (Å²) >= 11 is 0. The molecule has 1 fully saturated rings. The van der Waals surface area contributed by atoms with Crippen LogP contribution in [-0.4, -0.2) is 66.9 Å². The van der Waals surface area contributed by atoms with E-state index in [1.54, 1.807) is 35.0 Å². The first kappa shape index (κ1) is 40.8. The number of anilines is 2. The number of hydrogen-bond donors (Lipinski definition) is 3. The van der Waals surface area contributed by atoms with Crippen molar-refractivity contribution in [2.75, 3.05) is 29.9 Å². The highest BCUT2D eigenvalue weighted by Gasteiger charge is 2.67. The molecule has 0 bridgehead atoms. The van der Waals surface area contributed by atoms with Gasteiger partial charge in [0, 0.05) is 59.4 Å². The summed E-state index contributed by atoms with van der Waals surface area (Å²) in [6.45, 7) is 11.8. The quantitative estimate of drug-likeness (QED) is 0.0636. The average Bonchev–Trinajstić information content (AvgIpc) is 3.76. The summed E-state index contributed by atoms with van der Waals surface area (Å²) in [6.07, 6.45) is 6.94. The predicted octanol–water partition coefficient (Wildman–Crippen LogP) is 8.57. The molecule has 1 aromatic heterocycles. The zero-order valence-corrected chi connectivity index (χ0v) is 34.4. The van der Waals surface area contributed by atoms with Crippen LogP contribution in [-0.2, 0) is 37.7 Å². The van der Waals surface area contributed by atoms with Gasteiger partial charge in [-0.2, -0.15) is 0 Å². The van der Waals surface area contributed by atoms with Gasteiger partial charge >= 0.3 is 0 Å². The number of H-pyrrole nitrogens is 1. The average molecular weight is 779 g/mol. The van der Waals surface area contributed by atoms with E-state index in [4.69, 9.17) is 4.74 Å². The third kappa shape index (κ3) is 8.60. The first-order valence-electron chi connectivity index (χ1n) is 19.6. The number of nitrogens with zero attached hydrogens (tertiary/aromatic N) is 2. The van der Waals surface area contributed by atoms with Gasteiger partial charge in [0.15, 0.2) is 5.60 Å². The fourth-order valence-corrected chi connectivity index (χ4v) is 11.1. The van der Waals surface area contributed by atoms with Gasteiger partial charge in [-0.05, 0) is 82.1 Å². The second kappa shape index (κ2) is 17.1. The normalized spacial score (nSPS) is 20.8. The summed E-state index contributed by atoms with van der Waals surface area (Å²) < 4.78 is 23.6. The van der Waals surface area contributed by atoms with Crippen molar-refractivity contribution in [1.29, 1.82) is 0 Å². The number of halogens is 1. The van der Waals surface area contributed by atoms with Crippen molar-refractivity contribution in [2.45, 2.75) is 90.3 Å². The smallest absolute Gasteiger partial charge is 0.264 e. The molecule has 296 valence electrons. The lowest BCUT2D eigenvalue weighted by Gasteiger charge is -2.31. The monoisotopic (exact) mass is 778 g/mol. The number of amides is 3. The maximum atomic E-state index is 16.6. The number of ether oxygens (including phenoxy) is 1. The molecule has 4 atom stereocenters. The Morgan fingerprint density at radius 2 is 1.79 bits per heavy atom. The SMILES string of the molecule is CC(C)=CCC/C(C)=C/CN1C(=O)[C@]2(O[C@H](CC(=O)N(CCO)Cc3ccccc3)[C@@H]([Si](C)(C)F)[C@@H]2C)c2cc(NC(=O)Cc3c[nH]c4ccccc34)ccc21. The number of carbonyl (C=O) groups excluding carboxylic acids is 3. The van der Waals surface area contributed by atoms with Gasteiger partial charge in [-0.1, -0.05) is 78.8 Å². The second-order valence-corrected chi connectivity index (χ2v) is 19.9. The van der Waals surface area contributed by atoms with Crippen LogP contribution in [0.3, 0.4) is 0 Å². The van der Waals surface area contributed by atoms with Gasteiger partial charge in [0.1, 0.15) is 0 Å². The Balaban J connectivity index is 1.34. The number of benzene rings is 3. The first-order chi connectivity index (χ1) is 26.7. The van der Waals surface area contributed by atoms with E-state index < -0.39 is 31.6 Å². The van der Waals surface area contributed by atoms with Crippen LogP contribution in [0.5, 0.6) is 0 Å². The van der Waals surface area contributed by atoms with Gasteiger partial charge in [-0.15, -0.1) is 0 Å². The van der Waals surface area contributed by atoms with E-state index in [2.05, 4.69) is 43.2 Å². The Morgan fingerprint density at radius 3 is 2.50 bits per heavy atom. The topological polar surface area (TPSA) is 115 Å². The maximum Gasteiger partial charge on any atom is 0.264 e. The van der Waals surface area contributed by atoms with E-state index in [0.717, 1.165) is 40.4 Å². The van der Waals surface area contributed by atoms with Crippen molar-refractivity contribution in [1.82, 2.24) is 9.88 Å². The number of rotatable bonds is 15. The molecular weight excluding hydrogens is 724 g/mol. The van der Waals surface area contributed by atoms with Crippen molar-refractivity contribution in [2.24, 2.45) is 5.92 Å². The molecule has 4 aromatic rings. The third-order valence-corrected chi connectivity index (χ3v) is 13.8. The van der Waals surface area contributed by atoms with Crippen molar-refractivity contribution < 1.29 is 28.3 Å². The lowest BCUT2D eigenvalue weighted by molar-refractivity contribution is -0.149. The molecule has 0 radical (unpaired) electrons. The van der Waals surface area contributed by atoms with Gasteiger partial charge in [0.25, 0.3) is 5.91 Å². The molecule has 56 heavy (non-hydrogen) atoms. The summed E-state index contributed by atoms with van der Waals surface area (Å²) in [6, 6.07) is 22.7. The van der Waals surface area contributed by atoms with Gasteiger partial charge in [0.05, 0.1) is 31.2 Å². The first-order valence-corrected chi connectivity index (χ1v) is 22.6. The Labute approximate surface area is 330 Å². The largest absolute Gasteiger partial charge is 0.395 e. The van der Waals surface area contributed by atoms with Gasteiger partial charge < -0.3 is 34.1 Å². The molecule has 2 aliphatic heterocycles. The molecule has 2 aliphatic rings. The number of carbonyl (C=O) groups is 3. The van der Waals surface area contributed by atoms with Crippen molar-refractivity contribution in [3.63, 3.8) is 0 Å². The van der Waals surface area contributed by atoms with Crippen LogP contribution in [0.25, 0.3) is 10.9 Å². The maximum absolute atomic E-state index is 16.6. The summed E-state index contributed by atoms with van der Waals surface area (Å²) in [5, 5.41) is 13.9. The minimum absolute atomic E-state index is 0.110. The van der Waals surface area contributed by atoms with E-state index in [9.17, 15) is 19.5 Å². The number of nitrogens with one attached hydrogen (secondary N) is 2. The molecule has 3 aromatic carbocycles. The number of allylic oxidation sites excluding steroid dienone is 3.